The Morgan fingerprint density at radius 1 is 0.383 bits per heavy atom. The third-order valence-electron chi connectivity index (χ3n) is 18.6. The maximum absolute atomic E-state index is 13.9. The average molecular weight is 1680 g/mol. The van der Waals surface area contributed by atoms with E-state index in [4.69, 9.17) is 47.2 Å². The van der Waals surface area contributed by atoms with Crippen LogP contribution in [0, 0.1) is 5.92 Å². The highest BCUT2D eigenvalue weighted by molar-refractivity contribution is 7.47. The number of hydrogen-bond donors (Lipinski definition) is 21. The molecule has 666 valence electrons. The van der Waals surface area contributed by atoms with Crippen molar-refractivity contribution in [2.75, 3.05) is 132 Å². The van der Waals surface area contributed by atoms with Gasteiger partial charge in [-0.25, -0.2) is 4.57 Å². The zero-order valence-electron chi connectivity index (χ0n) is 66.3. The van der Waals surface area contributed by atoms with Crippen molar-refractivity contribution in [1.29, 1.82) is 0 Å². The van der Waals surface area contributed by atoms with Crippen LogP contribution in [0.25, 0.3) is 0 Å². The third-order valence-corrected chi connectivity index (χ3v) is 19.5. The number of phosphoric acid groups is 1. The van der Waals surface area contributed by atoms with Gasteiger partial charge in [-0.3, -0.25) is 57.0 Å². The summed E-state index contributed by atoms with van der Waals surface area (Å²) in [6, 6.07) is -6.34. The van der Waals surface area contributed by atoms with Crippen molar-refractivity contribution in [2.45, 2.75) is 253 Å². The molecule has 3 rings (SSSR count). The quantitative estimate of drug-likeness (QED) is 0.0199. The van der Waals surface area contributed by atoms with Crippen LogP contribution in [0.15, 0.2) is 0 Å². The predicted octanol–water partition coefficient (Wildman–Crippen LogP) is -6.36. The first-order chi connectivity index (χ1) is 55.0. The molecule has 10 amide bonds. The lowest BCUT2D eigenvalue weighted by atomic mass is 9.97. The fourth-order valence-electron chi connectivity index (χ4n) is 12.3. The standard InChI is InChI=1S/C71H129N10O33P/c1-44(86)77-58-64(97)61(94)50(40-83)112-69(58)108-36-33-105-30-27-74-55(91)23-21-48(67(100)75-28-31-106-34-37-109-70-59(78-45(2)87)65(98)62(95)51(41-84)113-70)81-57(93)24-22-49(68(101)76-29-32-107-35-38-110-71-60(79-46(3)88)66(99)63(96)52(42-85)114-71)80-56(92)20-16-19-54(90)72-25-14-11-9-7-5-6-8-10-12-18-53(89)73-26-15-13-17-47(39-82)43-111-115(102,103)104-4/h47-52,58-66,69-71,82-85,94-99H,5-43H2,1-4H3,(H,72,90)(H,73,89)(H,74,91)(H,75,100)(H,76,101)(H,77,86)(H,78,87)(H,79,88)(H,80,92)(H,81,93)(H,102,103)/t47?,48-,49-,50?,51?,52?,58?,59?,60?,61?,62?,63?,64?,65?,66?,69?,70?,71?/m0/s1. The van der Waals surface area contributed by atoms with Gasteiger partial charge in [-0.05, 0) is 44.9 Å². The van der Waals surface area contributed by atoms with E-state index in [1.807, 2.05) is 0 Å². The molecular formula is C71H129N10O33P. The normalized spacial score (nSPS) is 24.7. The Balaban J connectivity index is 1.56. The van der Waals surface area contributed by atoms with Gasteiger partial charge in [0.15, 0.2) is 18.9 Å². The van der Waals surface area contributed by atoms with Gasteiger partial charge >= 0.3 is 7.82 Å². The van der Waals surface area contributed by atoms with Gasteiger partial charge in [-0.2, -0.15) is 0 Å². The van der Waals surface area contributed by atoms with Crippen LogP contribution in [0.3, 0.4) is 0 Å². The van der Waals surface area contributed by atoms with Crippen molar-refractivity contribution >= 4 is 66.9 Å². The number of unbranched alkanes of at least 4 members (excludes halogenated alkanes) is 9. The summed E-state index contributed by atoms with van der Waals surface area (Å²) < 4.78 is 71.1. The molecule has 3 saturated heterocycles. The summed E-state index contributed by atoms with van der Waals surface area (Å²) in [7, 11) is -3.06. The van der Waals surface area contributed by atoms with Crippen LogP contribution in [0.5, 0.6) is 0 Å². The maximum atomic E-state index is 13.9. The molecule has 0 aromatic heterocycles. The summed E-state index contributed by atoms with van der Waals surface area (Å²) in [5, 5.41) is 127. The van der Waals surface area contributed by atoms with E-state index in [0.29, 0.717) is 38.8 Å². The minimum absolute atomic E-state index is 0.0147. The first kappa shape index (κ1) is 103. The van der Waals surface area contributed by atoms with Crippen LogP contribution >= 0.6 is 7.82 Å². The second kappa shape index (κ2) is 59.7. The zero-order valence-corrected chi connectivity index (χ0v) is 67.2. The molecule has 115 heavy (non-hydrogen) atoms. The van der Waals surface area contributed by atoms with E-state index in [2.05, 4.69) is 57.7 Å². The molecule has 0 aliphatic carbocycles. The highest BCUT2D eigenvalue weighted by atomic mass is 31.2. The van der Waals surface area contributed by atoms with Gasteiger partial charge < -0.3 is 152 Å². The predicted molar refractivity (Wildman–Crippen MR) is 401 cm³/mol. The number of hydrogen-bond acceptors (Lipinski definition) is 32. The molecule has 3 fully saturated rings. The number of carbonyl (C=O) groups excluding carboxylic acids is 10. The number of nitrogens with one attached hydrogen (secondary N) is 10. The smallest absolute Gasteiger partial charge is 0.396 e. The summed E-state index contributed by atoms with van der Waals surface area (Å²) in [4.78, 5) is 138. The molecule has 0 bridgehead atoms. The highest BCUT2D eigenvalue weighted by Gasteiger charge is 2.48. The first-order valence-corrected chi connectivity index (χ1v) is 40.8. The molecular weight excluding hydrogens is 1550 g/mol. The van der Waals surface area contributed by atoms with Crippen molar-refractivity contribution < 1.29 is 160 Å². The molecule has 0 radical (unpaired) electrons. The Morgan fingerprint density at radius 3 is 1.10 bits per heavy atom. The van der Waals surface area contributed by atoms with Gasteiger partial charge in [-0.15, -0.1) is 0 Å². The van der Waals surface area contributed by atoms with E-state index < -0.39 is 185 Å². The largest absolute Gasteiger partial charge is 0.471 e. The second-order valence-electron chi connectivity index (χ2n) is 28.0. The third kappa shape index (κ3) is 43.0. The first-order valence-electron chi connectivity index (χ1n) is 39.3. The minimum atomic E-state index is -4.12. The minimum Gasteiger partial charge on any atom is -0.396 e. The summed E-state index contributed by atoms with van der Waals surface area (Å²) in [5.74, 6) is -5.80. The molecule has 21 N–H and O–H groups in total. The monoisotopic (exact) mass is 1680 g/mol. The number of phosphoric ester groups is 1. The van der Waals surface area contributed by atoms with Crippen LogP contribution in [-0.2, 0) is 104 Å². The Bertz CT molecular complexity index is 2870. The van der Waals surface area contributed by atoms with Gasteiger partial charge in [0, 0.05) is 105 Å². The van der Waals surface area contributed by atoms with Gasteiger partial charge in [0.25, 0.3) is 0 Å². The Hall–Kier alpha value is -5.95. The zero-order chi connectivity index (χ0) is 85.1. The van der Waals surface area contributed by atoms with E-state index >= 15 is 0 Å². The number of amides is 10. The fraction of sp³-hybridized carbons (Fsp3) is 0.859. The van der Waals surface area contributed by atoms with Gasteiger partial charge in [0.2, 0.25) is 59.1 Å². The molecule has 0 saturated carbocycles. The van der Waals surface area contributed by atoms with Crippen molar-refractivity contribution in [3.05, 3.63) is 0 Å². The van der Waals surface area contributed by atoms with E-state index in [9.17, 15) is 108 Å². The van der Waals surface area contributed by atoms with E-state index in [1.165, 1.54) is 20.8 Å². The fourth-order valence-corrected chi connectivity index (χ4v) is 12.8. The highest BCUT2D eigenvalue weighted by Crippen LogP contribution is 2.42. The number of aliphatic hydroxyl groups is 10. The summed E-state index contributed by atoms with van der Waals surface area (Å²) >= 11 is 0. The maximum Gasteiger partial charge on any atom is 0.471 e. The van der Waals surface area contributed by atoms with E-state index in [-0.39, 0.29) is 149 Å². The van der Waals surface area contributed by atoms with Crippen LogP contribution < -0.4 is 53.2 Å². The van der Waals surface area contributed by atoms with Crippen molar-refractivity contribution in [3.63, 3.8) is 0 Å². The van der Waals surface area contributed by atoms with Crippen LogP contribution in [0.2, 0.25) is 0 Å². The summed E-state index contributed by atoms with van der Waals surface area (Å²) in [5.41, 5.74) is 0. The molecule has 0 aromatic carbocycles. The molecule has 17 unspecified atom stereocenters. The lowest BCUT2D eigenvalue weighted by Crippen LogP contribution is -2.64. The molecule has 3 aliphatic rings. The Kier molecular flexibility index (Phi) is 53.6. The summed E-state index contributed by atoms with van der Waals surface area (Å²) in [6.07, 6.45) is -7.60. The summed E-state index contributed by atoms with van der Waals surface area (Å²) in [6.45, 7) is 0.662. The molecule has 0 spiro atoms. The number of aliphatic hydroxyl groups excluding tert-OH is 10. The average Bonchev–Trinajstić information content (AvgIpc) is 0.819. The van der Waals surface area contributed by atoms with Crippen LogP contribution in [-0.4, -0.2) is 351 Å². The molecule has 3 heterocycles. The van der Waals surface area contributed by atoms with Crippen LogP contribution in [0.1, 0.15) is 149 Å². The lowest BCUT2D eigenvalue weighted by molar-refractivity contribution is -0.272. The van der Waals surface area contributed by atoms with Crippen molar-refractivity contribution in [3.8, 4) is 0 Å². The van der Waals surface area contributed by atoms with Gasteiger partial charge in [0.1, 0.15) is 85.1 Å². The molecule has 43 nitrogen and oxygen atoms in total. The Morgan fingerprint density at radius 2 is 0.713 bits per heavy atom. The van der Waals surface area contributed by atoms with Gasteiger partial charge in [0.05, 0.1) is 85.9 Å². The molecule has 0 aromatic rings. The molecule has 44 heteroatoms. The lowest BCUT2D eigenvalue weighted by Gasteiger charge is -2.42. The number of carbonyl (C=O) groups is 10. The van der Waals surface area contributed by atoms with Gasteiger partial charge in [-0.1, -0.05) is 51.4 Å². The molecule has 19 atom stereocenters. The SMILES string of the molecule is COP(=O)(O)OCC(CO)CCCCNC(=O)CCCCCCCCCCCNC(=O)CCCC(=O)N[C@@H](CCC(=O)N[C@@H](CCC(=O)NCCOCCOC1OC(CO)C(O)C(O)C1NC(C)=O)C(=O)NCCOCCOC1OC(CO)C(O)C(O)C1NC(C)=O)C(=O)NCCOCCOC1OC(CO)C(O)C(O)C1NC(C)=O. The second-order valence-corrected chi connectivity index (χ2v) is 29.5. The van der Waals surface area contributed by atoms with Crippen molar-refractivity contribution in [1.82, 2.24) is 53.2 Å². The van der Waals surface area contributed by atoms with Crippen LogP contribution in [0.4, 0.5) is 0 Å². The number of rotatable bonds is 63. The number of ether oxygens (including phenoxy) is 9. The van der Waals surface area contributed by atoms with Crippen molar-refractivity contribution in [2.24, 2.45) is 5.92 Å². The topological polar surface area (TPSA) is 632 Å². The van der Waals surface area contributed by atoms with E-state index in [0.717, 1.165) is 64.9 Å². The molecule has 3 aliphatic heterocycles. The van der Waals surface area contributed by atoms with E-state index in [1.54, 1.807) is 0 Å². The Labute approximate surface area is 669 Å².